The molecule has 5 rings (SSSR count). The molecule has 0 unspecified atom stereocenters. The van der Waals surface area contributed by atoms with Crippen LogP contribution in [0.4, 0.5) is 18.9 Å². The number of benzene rings is 1. The Bertz CT molecular complexity index is 1540. The summed E-state index contributed by atoms with van der Waals surface area (Å²) >= 11 is 0. The summed E-state index contributed by atoms with van der Waals surface area (Å²) in [6.45, 7) is 9.27. The van der Waals surface area contributed by atoms with Gasteiger partial charge in [-0.25, -0.2) is 0 Å². The largest absolute Gasteiger partial charge is 0.406 e. The van der Waals surface area contributed by atoms with E-state index in [1.165, 1.54) is 4.57 Å². The van der Waals surface area contributed by atoms with Crippen LogP contribution < -0.4 is 16.4 Å². The molecule has 46 heavy (non-hydrogen) atoms. The van der Waals surface area contributed by atoms with Crippen LogP contribution in [0.2, 0.25) is 0 Å². The smallest absolute Gasteiger partial charge is 0.373 e. The molecule has 1 amide bonds. The molecule has 4 heterocycles. The lowest BCUT2D eigenvalue weighted by molar-refractivity contribution is -0.140. The highest BCUT2D eigenvalue weighted by Crippen LogP contribution is 2.27. The molecular weight excluding hydrogens is 593 g/mol. The van der Waals surface area contributed by atoms with Crippen molar-refractivity contribution in [1.29, 1.82) is 0 Å². The first-order chi connectivity index (χ1) is 21.8. The Hall–Kier alpha value is -3.63. The first kappa shape index (κ1) is 33.7. The highest BCUT2D eigenvalue weighted by molar-refractivity contribution is 5.83. The number of aromatic nitrogens is 2. The molecule has 2 aromatic heterocycles. The van der Waals surface area contributed by atoms with Gasteiger partial charge in [0, 0.05) is 62.8 Å². The highest BCUT2D eigenvalue weighted by Gasteiger charge is 2.30. The molecule has 0 spiro atoms. The van der Waals surface area contributed by atoms with Gasteiger partial charge in [0.05, 0.1) is 41.9 Å². The van der Waals surface area contributed by atoms with Gasteiger partial charge in [-0.2, -0.15) is 13.2 Å². The van der Waals surface area contributed by atoms with Gasteiger partial charge in [0.2, 0.25) is 5.91 Å². The molecule has 0 atom stereocenters. The van der Waals surface area contributed by atoms with Gasteiger partial charge in [0.25, 0.3) is 0 Å². The number of hydrogen-bond acceptors (Lipinski definition) is 7. The number of anilines is 1. The summed E-state index contributed by atoms with van der Waals surface area (Å²) in [5.74, 6) is 6.09. The molecule has 2 aliphatic heterocycles. The summed E-state index contributed by atoms with van der Waals surface area (Å²) in [4.78, 5) is 23.7. The normalized spacial score (nSPS) is 17.2. The van der Waals surface area contributed by atoms with Crippen LogP contribution in [0.15, 0.2) is 42.6 Å². The SMILES string of the molecule is CN1CCN(CC(=O)N2CCC(NCc3ccc4c(c3)cc(C#CCNc3ccc(C(C)(C)N)nc3)n4CC(F)(F)F)CC2)CC1. The van der Waals surface area contributed by atoms with Crippen LogP contribution in [-0.2, 0) is 23.4 Å². The van der Waals surface area contributed by atoms with Gasteiger partial charge in [-0.05, 0) is 75.6 Å². The minimum Gasteiger partial charge on any atom is -0.373 e. The fourth-order valence-electron chi connectivity index (χ4n) is 5.94. The molecule has 0 radical (unpaired) electrons. The lowest BCUT2D eigenvalue weighted by Gasteiger charge is -2.36. The molecule has 9 nitrogen and oxygen atoms in total. The number of pyridine rings is 1. The van der Waals surface area contributed by atoms with E-state index in [2.05, 4.69) is 44.3 Å². The zero-order valence-corrected chi connectivity index (χ0v) is 27.0. The number of hydrogen-bond donors (Lipinski definition) is 3. The number of likely N-dealkylation sites (N-methyl/N-ethyl adjacent to an activating group) is 1. The van der Waals surface area contributed by atoms with Crippen molar-refractivity contribution >= 4 is 22.5 Å². The lowest BCUT2D eigenvalue weighted by Crippen LogP contribution is -2.51. The van der Waals surface area contributed by atoms with Crippen molar-refractivity contribution in [3.63, 3.8) is 0 Å². The number of carbonyl (C=O) groups is 1. The topological polar surface area (TPSA) is 94.7 Å². The molecule has 0 bridgehead atoms. The van der Waals surface area contributed by atoms with E-state index in [1.807, 2.05) is 43.0 Å². The maximum Gasteiger partial charge on any atom is 0.406 e. The van der Waals surface area contributed by atoms with E-state index in [0.717, 1.165) is 69.1 Å². The van der Waals surface area contributed by atoms with Crippen molar-refractivity contribution in [3.05, 3.63) is 59.5 Å². The van der Waals surface area contributed by atoms with Crippen LogP contribution in [0.5, 0.6) is 0 Å². The first-order valence-electron chi connectivity index (χ1n) is 15.9. The number of nitrogens with one attached hydrogen (secondary N) is 2. The number of fused-ring (bicyclic) bond motifs is 1. The van der Waals surface area contributed by atoms with Crippen LogP contribution in [0, 0.1) is 11.8 Å². The van der Waals surface area contributed by atoms with Crippen molar-refractivity contribution in [2.75, 3.05) is 64.7 Å². The molecule has 3 aromatic rings. The molecule has 4 N–H and O–H groups in total. The summed E-state index contributed by atoms with van der Waals surface area (Å²) in [7, 11) is 2.11. The zero-order chi connectivity index (χ0) is 32.9. The molecule has 2 fully saturated rings. The third-order valence-electron chi connectivity index (χ3n) is 8.72. The molecule has 2 aliphatic rings. The van der Waals surface area contributed by atoms with Crippen molar-refractivity contribution in [1.82, 2.24) is 29.6 Å². The Morgan fingerprint density at radius 2 is 1.78 bits per heavy atom. The number of amides is 1. The number of rotatable bonds is 9. The second kappa shape index (κ2) is 14.4. The fourth-order valence-corrected chi connectivity index (χ4v) is 5.94. The fraction of sp³-hybridized carbons (Fsp3) is 0.529. The third kappa shape index (κ3) is 9.22. The monoisotopic (exact) mass is 638 g/mol. The average molecular weight is 639 g/mol. The van der Waals surface area contributed by atoms with E-state index in [1.54, 1.807) is 18.3 Å². The van der Waals surface area contributed by atoms with Gasteiger partial charge >= 0.3 is 6.18 Å². The van der Waals surface area contributed by atoms with Gasteiger partial charge in [0.15, 0.2) is 0 Å². The second-order valence-corrected chi connectivity index (χ2v) is 13.0. The van der Waals surface area contributed by atoms with Gasteiger partial charge in [-0.3, -0.25) is 14.7 Å². The van der Waals surface area contributed by atoms with E-state index < -0.39 is 18.3 Å². The van der Waals surface area contributed by atoms with Gasteiger partial charge in [0.1, 0.15) is 6.54 Å². The number of nitrogens with zero attached hydrogens (tertiary/aromatic N) is 5. The van der Waals surface area contributed by atoms with Crippen molar-refractivity contribution < 1.29 is 18.0 Å². The summed E-state index contributed by atoms with van der Waals surface area (Å²) in [6.07, 6.45) is -0.971. The summed E-state index contributed by atoms with van der Waals surface area (Å²) in [5.41, 5.74) is 8.82. The van der Waals surface area contributed by atoms with Crippen LogP contribution in [0.3, 0.4) is 0 Å². The van der Waals surface area contributed by atoms with E-state index in [0.29, 0.717) is 29.7 Å². The lowest BCUT2D eigenvalue weighted by atomic mass is 10.0. The van der Waals surface area contributed by atoms with E-state index in [4.69, 9.17) is 5.73 Å². The number of halogens is 3. The average Bonchev–Trinajstić information content (AvgIpc) is 3.34. The molecule has 248 valence electrons. The Morgan fingerprint density at radius 3 is 2.43 bits per heavy atom. The molecule has 12 heteroatoms. The van der Waals surface area contributed by atoms with Crippen molar-refractivity contribution in [2.45, 2.75) is 57.5 Å². The third-order valence-corrected chi connectivity index (χ3v) is 8.72. The van der Waals surface area contributed by atoms with Crippen LogP contribution in [0.1, 0.15) is 43.6 Å². The van der Waals surface area contributed by atoms with Crippen molar-refractivity contribution in [2.24, 2.45) is 5.73 Å². The van der Waals surface area contributed by atoms with E-state index in [9.17, 15) is 18.0 Å². The van der Waals surface area contributed by atoms with Crippen molar-refractivity contribution in [3.8, 4) is 11.8 Å². The Labute approximate surface area is 269 Å². The molecule has 0 saturated carbocycles. The van der Waals surface area contributed by atoms with Gasteiger partial charge in [-0.1, -0.05) is 12.0 Å². The van der Waals surface area contributed by atoms with E-state index >= 15 is 0 Å². The number of piperazine rings is 1. The number of carbonyl (C=O) groups excluding carboxylic acids is 1. The quantitative estimate of drug-likeness (QED) is 0.309. The molecule has 2 saturated heterocycles. The van der Waals surface area contributed by atoms with Crippen LogP contribution in [-0.4, -0.2) is 102 Å². The number of alkyl halides is 3. The predicted octanol–water partition coefficient (Wildman–Crippen LogP) is 3.58. The molecular formula is C34H45F3N8O. The zero-order valence-electron chi connectivity index (χ0n) is 27.0. The van der Waals surface area contributed by atoms with Crippen LogP contribution >= 0.6 is 0 Å². The minimum atomic E-state index is -4.38. The molecule has 1 aromatic carbocycles. The number of likely N-dealkylation sites (tertiary alicyclic amines) is 1. The number of nitrogens with two attached hydrogens (primary N) is 1. The predicted molar refractivity (Wildman–Crippen MR) is 175 cm³/mol. The first-order valence-corrected chi connectivity index (χ1v) is 15.9. The standard InChI is InChI=1S/C34H45F3N8O/c1-33(2,38)31-9-7-28(22-41-31)39-12-4-5-29-20-26-19-25(6-8-30(26)45(29)24-34(35,36)37)21-40-27-10-13-44(14-11-27)32(46)23-43-17-15-42(3)16-18-43/h6-9,19-20,22,27,39-40H,10-18,21,23-24,38H2,1-3H3. The second-order valence-electron chi connectivity index (χ2n) is 13.0. The maximum atomic E-state index is 13.5. The Kier molecular flexibility index (Phi) is 10.6. The minimum absolute atomic E-state index is 0.203. The maximum absolute atomic E-state index is 13.5. The Morgan fingerprint density at radius 1 is 1.04 bits per heavy atom. The summed E-state index contributed by atoms with van der Waals surface area (Å²) in [5, 5.41) is 7.44. The highest BCUT2D eigenvalue weighted by atomic mass is 19.4. The molecule has 0 aliphatic carbocycles. The van der Waals surface area contributed by atoms with Crippen LogP contribution in [0.25, 0.3) is 10.9 Å². The number of piperidine rings is 1. The van der Waals surface area contributed by atoms with E-state index in [-0.39, 0.29) is 18.5 Å². The van der Waals surface area contributed by atoms with Gasteiger partial charge in [-0.15, -0.1) is 0 Å². The van der Waals surface area contributed by atoms with Gasteiger partial charge < -0.3 is 30.7 Å². The summed E-state index contributed by atoms with van der Waals surface area (Å²) < 4.78 is 41.8. The summed E-state index contributed by atoms with van der Waals surface area (Å²) in [6, 6.07) is 11.2. The Balaban J connectivity index is 1.16.